The van der Waals surface area contributed by atoms with E-state index in [1.807, 2.05) is 20.0 Å². The van der Waals surface area contributed by atoms with Crippen molar-refractivity contribution in [3.63, 3.8) is 0 Å². The second-order valence-corrected chi connectivity index (χ2v) is 4.48. The Hall–Kier alpha value is -1.06. The Morgan fingerprint density at radius 1 is 1.41 bits per heavy atom. The number of aryl methyl sites for hydroxylation is 1. The molecule has 1 aromatic carbocycles. The van der Waals surface area contributed by atoms with Gasteiger partial charge in [0.15, 0.2) is 0 Å². The zero-order valence-electron chi connectivity index (χ0n) is 11.3. The third-order valence-electron chi connectivity index (χ3n) is 3.30. The van der Waals surface area contributed by atoms with E-state index in [2.05, 4.69) is 24.4 Å². The monoisotopic (exact) mass is 236 g/mol. The highest BCUT2D eigenvalue weighted by Crippen LogP contribution is 2.26. The summed E-state index contributed by atoms with van der Waals surface area (Å²) >= 11 is 0. The number of methoxy groups -OCH3 is 1. The van der Waals surface area contributed by atoms with Gasteiger partial charge in [-0.15, -0.1) is 0 Å². The van der Waals surface area contributed by atoms with Crippen molar-refractivity contribution in [3.8, 4) is 5.75 Å². The summed E-state index contributed by atoms with van der Waals surface area (Å²) in [5.41, 5.74) is 8.64. The molecule has 3 heteroatoms. The molecule has 2 atom stereocenters. The van der Waals surface area contributed by atoms with Crippen LogP contribution >= 0.6 is 0 Å². The topological polar surface area (TPSA) is 47.3 Å². The fourth-order valence-electron chi connectivity index (χ4n) is 2.17. The summed E-state index contributed by atoms with van der Waals surface area (Å²) in [6.07, 6.45) is 1.08. The van der Waals surface area contributed by atoms with E-state index in [-0.39, 0.29) is 6.04 Å². The smallest absolute Gasteiger partial charge is 0.121 e. The van der Waals surface area contributed by atoms with Gasteiger partial charge < -0.3 is 15.8 Å². The molecule has 2 unspecified atom stereocenters. The van der Waals surface area contributed by atoms with Crippen molar-refractivity contribution in [1.82, 2.24) is 5.32 Å². The molecule has 0 aliphatic carbocycles. The summed E-state index contributed by atoms with van der Waals surface area (Å²) < 4.78 is 5.26. The van der Waals surface area contributed by atoms with Crippen molar-refractivity contribution in [2.45, 2.75) is 26.3 Å². The number of ether oxygens (including phenoxy) is 1. The van der Waals surface area contributed by atoms with Gasteiger partial charge in [0.2, 0.25) is 0 Å². The van der Waals surface area contributed by atoms with Crippen LogP contribution < -0.4 is 15.8 Å². The highest BCUT2D eigenvalue weighted by molar-refractivity contribution is 5.37. The van der Waals surface area contributed by atoms with Crippen molar-refractivity contribution in [2.24, 2.45) is 11.7 Å². The van der Waals surface area contributed by atoms with Crippen LogP contribution in [0, 0.1) is 12.8 Å². The number of hydrogen-bond donors (Lipinski definition) is 2. The number of hydrogen-bond acceptors (Lipinski definition) is 3. The molecule has 0 radical (unpaired) electrons. The third kappa shape index (κ3) is 3.45. The van der Waals surface area contributed by atoms with Crippen LogP contribution in [0.1, 0.15) is 30.5 Å². The molecule has 17 heavy (non-hydrogen) atoms. The predicted octanol–water partition coefficient (Wildman–Crippen LogP) is 2.25. The quantitative estimate of drug-likeness (QED) is 0.796. The van der Waals surface area contributed by atoms with Crippen LogP contribution in [-0.4, -0.2) is 20.7 Å². The molecule has 0 bridgehead atoms. The molecule has 0 amide bonds. The van der Waals surface area contributed by atoms with Crippen LogP contribution in [0.15, 0.2) is 18.2 Å². The van der Waals surface area contributed by atoms with Gasteiger partial charge in [-0.3, -0.25) is 0 Å². The SMILES string of the molecule is CCC(CNC)C(N)c1ccc(OC)c(C)c1. The summed E-state index contributed by atoms with van der Waals surface area (Å²) in [6, 6.07) is 6.27. The van der Waals surface area contributed by atoms with Gasteiger partial charge in [-0.05, 0) is 43.6 Å². The fraction of sp³-hybridized carbons (Fsp3) is 0.571. The second kappa shape index (κ2) is 6.62. The summed E-state index contributed by atoms with van der Waals surface area (Å²) in [6.45, 7) is 5.18. The first kappa shape index (κ1) is 14.0. The number of benzene rings is 1. The third-order valence-corrected chi connectivity index (χ3v) is 3.30. The molecular weight excluding hydrogens is 212 g/mol. The lowest BCUT2D eigenvalue weighted by atomic mass is 9.90. The van der Waals surface area contributed by atoms with Crippen LogP contribution in [0.5, 0.6) is 5.75 Å². The van der Waals surface area contributed by atoms with Crippen molar-refractivity contribution >= 4 is 0 Å². The first-order valence-corrected chi connectivity index (χ1v) is 6.18. The Kier molecular flexibility index (Phi) is 5.45. The Morgan fingerprint density at radius 2 is 2.12 bits per heavy atom. The van der Waals surface area contributed by atoms with E-state index in [0.29, 0.717) is 5.92 Å². The van der Waals surface area contributed by atoms with Crippen molar-refractivity contribution in [1.29, 1.82) is 0 Å². The van der Waals surface area contributed by atoms with E-state index < -0.39 is 0 Å². The Bertz CT molecular complexity index is 352. The predicted molar refractivity (Wildman–Crippen MR) is 72.4 cm³/mol. The molecule has 1 rings (SSSR count). The number of nitrogens with two attached hydrogens (primary N) is 1. The Morgan fingerprint density at radius 3 is 2.59 bits per heavy atom. The minimum atomic E-state index is 0.0806. The lowest BCUT2D eigenvalue weighted by Gasteiger charge is -2.23. The molecule has 0 spiro atoms. The zero-order chi connectivity index (χ0) is 12.8. The maximum atomic E-state index is 6.32. The molecule has 0 saturated heterocycles. The molecule has 0 aromatic heterocycles. The molecule has 0 fully saturated rings. The Labute approximate surface area is 104 Å². The lowest BCUT2D eigenvalue weighted by Crippen LogP contribution is -2.29. The van der Waals surface area contributed by atoms with Crippen molar-refractivity contribution in [2.75, 3.05) is 20.7 Å². The highest BCUT2D eigenvalue weighted by Gasteiger charge is 2.17. The largest absolute Gasteiger partial charge is 0.496 e. The maximum Gasteiger partial charge on any atom is 0.121 e. The molecule has 1 aromatic rings. The molecule has 3 N–H and O–H groups in total. The van der Waals surface area contributed by atoms with E-state index >= 15 is 0 Å². The van der Waals surface area contributed by atoms with E-state index in [0.717, 1.165) is 24.3 Å². The zero-order valence-corrected chi connectivity index (χ0v) is 11.3. The lowest BCUT2D eigenvalue weighted by molar-refractivity contribution is 0.399. The van der Waals surface area contributed by atoms with Gasteiger partial charge in [-0.25, -0.2) is 0 Å². The summed E-state index contributed by atoms with van der Waals surface area (Å²) in [5, 5.41) is 3.20. The number of rotatable bonds is 6. The first-order chi connectivity index (χ1) is 8.13. The summed E-state index contributed by atoms with van der Waals surface area (Å²) in [4.78, 5) is 0. The van der Waals surface area contributed by atoms with Crippen molar-refractivity contribution in [3.05, 3.63) is 29.3 Å². The summed E-state index contributed by atoms with van der Waals surface area (Å²) in [7, 11) is 3.66. The fourth-order valence-corrected chi connectivity index (χ4v) is 2.17. The molecule has 0 aliphatic heterocycles. The average molecular weight is 236 g/mol. The van der Waals surface area contributed by atoms with Gasteiger partial charge in [0.1, 0.15) is 5.75 Å². The van der Waals surface area contributed by atoms with Crippen LogP contribution in [0.4, 0.5) is 0 Å². The molecule has 0 heterocycles. The van der Waals surface area contributed by atoms with E-state index in [1.54, 1.807) is 7.11 Å². The Balaban J connectivity index is 2.87. The van der Waals surface area contributed by atoms with Crippen molar-refractivity contribution < 1.29 is 4.74 Å². The van der Waals surface area contributed by atoms with Crippen LogP contribution in [0.3, 0.4) is 0 Å². The normalized spacial score (nSPS) is 14.4. The molecule has 96 valence electrons. The second-order valence-electron chi connectivity index (χ2n) is 4.48. The molecular formula is C14H24N2O. The highest BCUT2D eigenvalue weighted by atomic mass is 16.5. The van der Waals surface area contributed by atoms with Gasteiger partial charge in [0, 0.05) is 6.04 Å². The summed E-state index contributed by atoms with van der Waals surface area (Å²) in [5.74, 6) is 1.38. The van der Waals surface area contributed by atoms with Gasteiger partial charge in [0.25, 0.3) is 0 Å². The molecule has 0 saturated carbocycles. The standard InChI is InChI=1S/C14H24N2O/c1-5-11(9-16-3)14(15)12-6-7-13(17-4)10(2)8-12/h6-8,11,14,16H,5,9,15H2,1-4H3. The first-order valence-electron chi connectivity index (χ1n) is 6.18. The van der Waals surface area contributed by atoms with E-state index in [9.17, 15) is 0 Å². The minimum Gasteiger partial charge on any atom is -0.496 e. The van der Waals surface area contributed by atoms with Gasteiger partial charge in [-0.1, -0.05) is 25.5 Å². The molecule has 3 nitrogen and oxygen atoms in total. The van der Waals surface area contributed by atoms with Crippen LogP contribution in [0.25, 0.3) is 0 Å². The van der Waals surface area contributed by atoms with E-state index in [4.69, 9.17) is 10.5 Å². The van der Waals surface area contributed by atoms with Crippen LogP contribution in [0.2, 0.25) is 0 Å². The van der Waals surface area contributed by atoms with Gasteiger partial charge in [0.05, 0.1) is 7.11 Å². The molecule has 0 aliphatic rings. The minimum absolute atomic E-state index is 0.0806. The number of nitrogens with one attached hydrogen (secondary N) is 1. The van der Waals surface area contributed by atoms with Gasteiger partial charge in [-0.2, -0.15) is 0 Å². The van der Waals surface area contributed by atoms with Crippen LogP contribution in [-0.2, 0) is 0 Å². The van der Waals surface area contributed by atoms with E-state index in [1.165, 1.54) is 5.56 Å². The average Bonchev–Trinajstić information content (AvgIpc) is 2.35. The van der Waals surface area contributed by atoms with Gasteiger partial charge >= 0.3 is 0 Å². The maximum absolute atomic E-state index is 6.32.